The fourth-order valence-corrected chi connectivity index (χ4v) is 2.21. The van der Waals surface area contributed by atoms with Gasteiger partial charge in [-0.2, -0.15) is 0 Å². The van der Waals surface area contributed by atoms with Crippen LogP contribution in [0.25, 0.3) is 0 Å². The summed E-state index contributed by atoms with van der Waals surface area (Å²) in [5.41, 5.74) is -0.488. The van der Waals surface area contributed by atoms with Crippen LogP contribution in [0.15, 0.2) is 29.3 Å². The number of rotatable bonds is 9. The number of methoxy groups -OCH3 is 1. The standard InChI is InChI=1S/C20H34N4O4/c1-15(27-17-10-7-9-16(13-17)26-6)14-24-18(21-5)22-11-8-12-23-19(25)28-20(2,3)4/h7,9-10,13,15H,8,11-12,14H2,1-6H3,(H,23,25)(H2,21,22,24). The van der Waals surface area contributed by atoms with E-state index in [-0.39, 0.29) is 6.10 Å². The van der Waals surface area contributed by atoms with E-state index in [2.05, 4.69) is 20.9 Å². The molecule has 0 saturated heterocycles. The van der Waals surface area contributed by atoms with Crippen LogP contribution in [-0.2, 0) is 4.74 Å². The molecule has 28 heavy (non-hydrogen) atoms. The zero-order valence-corrected chi connectivity index (χ0v) is 17.8. The summed E-state index contributed by atoms with van der Waals surface area (Å²) in [6, 6.07) is 7.50. The molecule has 0 aliphatic rings. The van der Waals surface area contributed by atoms with Gasteiger partial charge in [-0.3, -0.25) is 4.99 Å². The molecule has 0 heterocycles. The lowest BCUT2D eigenvalue weighted by Gasteiger charge is -2.20. The number of carbonyl (C=O) groups excluding carboxylic acids is 1. The lowest BCUT2D eigenvalue weighted by Crippen LogP contribution is -2.42. The molecule has 0 bridgehead atoms. The highest BCUT2D eigenvalue weighted by Gasteiger charge is 2.15. The fraction of sp³-hybridized carbons (Fsp3) is 0.600. The number of aliphatic imine (C=N–C) groups is 1. The van der Waals surface area contributed by atoms with Crippen molar-refractivity contribution in [1.82, 2.24) is 16.0 Å². The number of nitrogens with one attached hydrogen (secondary N) is 3. The summed E-state index contributed by atoms with van der Waals surface area (Å²) in [6.45, 7) is 9.26. The van der Waals surface area contributed by atoms with Gasteiger partial charge >= 0.3 is 6.09 Å². The first-order valence-corrected chi connectivity index (χ1v) is 9.45. The van der Waals surface area contributed by atoms with E-state index >= 15 is 0 Å². The smallest absolute Gasteiger partial charge is 0.407 e. The predicted octanol–water partition coefficient (Wildman–Crippen LogP) is 2.54. The van der Waals surface area contributed by atoms with Gasteiger partial charge in [0.1, 0.15) is 23.2 Å². The van der Waals surface area contributed by atoms with Gasteiger partial charge in [-0.25, -0.2) is 4.79 Å². The third kappa shape index (κ3) is 10.5. The van der Waals surface area contributed by atoms with E-state index in [1.165, 1.54) is 0 Å². The zero-order chi connectivity index (χ0) is 21.0. The Labute approximate surface area is 168 Å². The van der Waals surface area contributed by atoms with Crippen molar-refractivity contribution in [3.8, 4) is 11.5 Å². The highest BCUT2D eigenvalue weighted by atomic mass is 16.6. The normalized spacial score (nSPS) is 12.7. The summed E-state index contributed by atoms with van der Waals surface area (Å²) in [6.07, 6.45) is 0.286. The minimum Gasteiger partial charge on any atom is -0.497 e. The van der Waals surface area contributed by atoms with Crippen LogP contribution in [0.5, 0.6) is 11.5 Å². The molecule has 3 N–H and O–H groups in total. The summed E-state index contributed by atoms with van der Waals surface area (Å²) < 4.78 is 16.3. The number of hydrogen-bond donors (Lipinski definition) is 3. The second-order valence-electron chi connectivity index (χ2n) is 7.27. The Hall–Kier alpha value is -2.64. The molecule has 1 aromatic rings. The lowest BCUT2D eigenvalue weighted by atomic mass is 10.2. The molecule has 1 amide bonds. The maximum Gasteiger partial charge on any atom is 0.407 e. The summed E-state index contributed by atoms with van der Waals surface area (Å²) in [7, 11) is 3.34. The highest BCUT2D eigenvalue weighted by Crippen LogP contribution is 2.19. The molecule has 1 rings (SSSR count). The second-order valence-corrected chi connectivity index (χ2v) is 7.27. The van der Waals surface area contributed by atoms with Crippen LogP contribution in [0, 0.1) is 0 Å². The number of benzene rings is 1. The quantitative estimate of drug-likeness (QED) is 0.339. The molecular weight excluding hydrogens is 360 g/mol. The minimum atomic E-state index is -0.488. The van der Waals surface area contributed by atoms with Crippen LogP contribution < -0.4 is 25.4 Å². The van der Waals surface area contributed by atoms with Crippen LogP contribution in [0.2, 0.25) is 0 Å². The SMILES string of the molecule is CN=C(NCCCNC(=O)OC(C)(C)C)NCC(C)Oc1cccc(OC)c1. The average molecular weight is 395 g/mol. The zero-order valence-electron chi connectivity index (χ0n) is 17.8. The van der Waals surface area contributed by atoms with E-state index in [0.29, 0.717) is 25.6 Å². The molecule has 158 valence electrons. The Balaban J connectivity index is 2.23. The summed E-state index contributed by atoms with van der Waals surface area (Å²) in [5.74, 6) is 2.19. The monoisotopic (exact) mass is 394 g/mol. The van der Waals surface area contributed by atoms with E-state index in [1.54, 1.807) is 14.2 Å². The number of carbonyl (C=O) groups is 1. The average Bonchev–Trinajstić information content (AvgIpc) is 2.62. The van der Waals surface area contributed by atoms with Crippen LogP contribution in [0.4, 0.5) is 4.79 Å². The van der Waals surface area contributed by atoms with E-state index in [4.69, 9.17) is 14.2 Å². The first-order chi connectivity index (χ1) is 13.2. The first-order valence-electron chi connectivity index (χ1n) is 9.45. The van der Waals surface area contributed by atoms with Gasteiger partial charge in [0.05, 0.1) is 13.7 Å². The molecule has 1 atom stereocenters. The van der Waals surface area contributed by atoms with Crippen molar-refractivity contribution in [1.29, 1.82) is 0 Å². The molecule has 0 aromatic heterocycles. The van der Waals surface area contributed by atoms with Crippen molar-refractivity contribution >= 4 is 12.1 Å². The van der Waals surface area contributed by atoms with Gasteiger partial charge in [-0.15, -0.1) is 0 Å². The number of hydrogen-bond acceptors (Lipinski definition) is 5. The van der Waals surface area contributed by atoms with Crippen molar-refractivity contribution < 1.29 is 19.0 Å². The maximum atomic E-state index is 11.6. The molecule has 1 unspecified atom stereocenters. The molecule has 0 fully saturated rings. The van der Waals surface area contributed by atoms with Gasteiger partial charge < -0.3 is 30.2 Å². The summed E-state index contributed by atoms with van der Waals surface area (Å²) in [4.78, 5) is 15.8. The predicted molar refractivity (Wildman–Crippen MR) is 111 cm³/mol. The number of nitrogens with zero attached hydrogens (tertiary/aromatic N) is 1. The fourth-order valence-electron chi connectivity index (χ4n) is 2.21. The third-order valence-corrected chi connectivity index (χ3v) is 3.47. The summed E-state index contributed by atoms with van der Waals surface area (Å²) >= 11 is 0. The van der Waals surface area contributed by atoms with Crippen LogP contribution in [-0.4, -0.2) is 57.5 Å². The molecule has 0 aliphatic carbocycles. The Morgan fingerprint density at radius 1 is 1.14 bits per heavy atom. The molecule has 8 heteroatoms. The van der Waals surface area contributed by atoms with Crippen LogP contribution in [0.1, 0.15) is 34.1 Å². The van der Waals surface area contributed by atoms with Crippen molar-refractivity contribution in [2.75, 3.05) is 33.8 Å². The van der Waals surface area contributed by atoms with Gasteiger partial charge in [0.25, 0.3) is 0 Å². The van der Waals surface area contributed by atoms with Gasteiger partial charge in [-0.05, 0) is 46.2 Å². The number of ether oxygens (including phenoxy) is 3. The largest absolute Gasteiger partial charge is 0.497 e. The van der Waals surface area contributed by atoms with Gasteiger partial charge in [0.2, 0.25) is 0 Å². The van der Waals surface area contributed by atoms with Crippen LogP contribution in [0.3, 0.4) is 0 Å². The number of amides is 1. The molecule has 0 saturated carbocycles. The van der Waals surface area contributed by atoms with E-state index in [0.717, 1.165) is 17.9 Å². The maximum absolute atomic E-state index is 11.6. The van der Waals surface area contributed by atoms with E-state index in [1.807, 2.05) is 52.0 Å². The lowest BCUT2D eigenvalue weighted by molar-refractivity contribution is 0.0527. The van der Waals surface area contributed by atoms with Gasteiger partial charge in [0.15, 0.2) is 5.96 Å². The number of alkyl carbamates (subject to hydrolysis) is 1. The third-order valence-electron chi connectivity index (χ3n) is 3.47. The van der Waals surface area contributed by atoms with Gasteiger partial charge in [-0.1, -0.05) is 6.07 Å². The topological polar surface area (TPSA) is 93.2 Å². The molecular formula is C20H34N4O4. The van der Waals surface area contributed by atoms with Crippen molar-refractivity contribution in [3.63, 3.8) is 0 Å². The van der Waals surface area contributed by atoms with Gasteiger partial charge in [0, 0.05) is 26.2 Å². The van der Waals surface area contributed by atoms with Crippen LogP contribution >= 0.6 is 0 Å². The second kappa shape index (κ2) is 11.9. The highest BCUT2D eigenvalue weighted by molar-refractivity contribution is 5.79. The van der Waals surface area contributed by atoms with Crippen molar-refractivity contribution in [3.05, 3.63) is 24.3 Å². The van der Waals surface area contributed by atoms with E-state index < -0.39 is 11.7 Å². The molecule has 0 radical (unpaired) electrons. The summed E-state index contributed by atoms with van der Waals surface area (Å²) in [5, 5.41) is 9.15. The molecule has 8 nitrogen and oxygen atoms in total. The Morgan fingerprint density at radius 3 is 2.46 bits per heavy atom. The van der Waals surface area contributed by atoms with Crippen molar-refractivity contribution in [2.45, 2.75) is 45.8 Å². The minimum absolute atomic E-state index is 0.0560. The first kappa shape index (κ1) is 23.4. The number of guanidine groups is 1. The molecule has 0 spiro atoms. The molecule has 0 aliphatic heterocycles. The Morgan fingerprint density at radius 2 is 1.82 bits per heavy atom. The molecule has 1 aromatic carbocycles. The Bertz CT molecular complexity index is 629. The Kier molecular flexibility index (Phi) is 9.98. The van der Waals surface area contributed by atoms with E-state index in [9.17, 15) is 4.79 Å². The van der Waals surface area contributed by atoms with Crippen molar-refractivity contribution in [2.24, 2.45) is 4.99 Å².